The monoisotopic (exact) mass is 215 g/mol. The molecule has 0 fully saturated rings. The zero-order chi connectivity index (χ0) is 11.4. The molecule has 0 aliphatic carbocycles. The topological polar surface area (TPSA) is 61.0 Å². The van der Waals surface area contributed by atoms with Crippen molar-refractivity contribution in [2.24, 2.45) is 0 Å². The van der Waals surface area contributed by atoms with Gasteiger partial charge in [0.15, 0.2) is 0 Å². The summed E-state index contributed by atoms with van der Waals surface area (Å²) in [5, 5.41) is 0. The first kappa shape index (κ1) is 10.4. The van der Waals surface area contributed by atoms with Crippen LogP contribution in [0, 0.1) is 0 Å². The maximum Gasteiger partial charge on any atom is 0.222 e. The maximum absolute atomic E-state index is 5.66. The van der Waals surface area contributed by atoms with Gasteiger partial charge in [0.2, 0.25) is 5.88 Å². The van der Waals surface area contributed by atoms with E-state index in [1.54, 1.807) is 6.07 Å². The van der Waals surface area contributed by atoms with Gasteiger partial charge in [-0.15, -0.1) is 0 Å². The molecule has 2 N–H and O–H groups in total. The third-order valence-corrected chi connectivity index (χ3v) is 2.14. The summed E-state index contributed by atoms with van der Waals surface area (Å²) in [5.41, 5.74) is 7.28. The standard InChI is InChI=1S/C12H13N3O/c1-2-10-7-12(15-8-14-10)16-11-5-3-4-9(13)6-11/h3-8H,2,13H2,1H3. The van der Waals surface area contributed by atoms with Crippen molar-refractivity contribution in [3.63, 3.8) is 0 Å². The highest BCUT2D eigenvalue weighted by Gasteiger charge is 2.00. The molecular weight excluding hydrogens is 202 g/mol. The minimum atomic E-state index is 0.539. The van der Waals surface area contributed by atoms with E-state index in [0.29, 0.717) is 17.3 Å². The van der Waals surface area contributed by atoms with Gasteiger partial charge in [0.05, 0.1) is 0 Å². The largest absolute Gasteiger partial charge is 0.439 e. The van der Waals surface area contributed by atoms with Gasteiger partial charge in [0.1, 0.15) is 12.1 Å². The lowest BCUT2D eigenvalue weighted by atomic mass is 10.3. The van der Waals surface area contributed by atoms with Crippen molar-refractivity contribution in [3.8, 4) is 11.6 Å². The number of nitrogen functional groups attached to an aromatic ring is 1. The molecule has 4 heteroatoms. The molecule has 82 valence electrons. The molecule has 1 heterocycles. The number of nitrogens with zero attached hydrogens (tertiary/aromatic N) is 2. The number of aryl methyl sites for hydroxylation is 1. The van der Waals surface area contributed by atoms with Gasteiger partial charge in [-0.2, -0.15) is 0 Å². The van der Waals surface area contributed by atoms with Crippen LogP contribution in [-0.2, 0) is 6.42 Å². The first-order chi connectivity index (χ1) is 7.78. The summed E-state index contributed by atoms with van der Waals surface area (Å²) in [6, 6.07) is 9.07. The van der Waals surface area contributed by atoms with Gasteiger partial charge in [0.25, 0.3) is 0 Å². The SMILES string of the molecule is CCc1cc(Oc2cccc(N)c2)ncn1. The Hall–Kier alpha value is -2.10. The number of hydrogen-bond donors (Lipinski definition) is 1. The Kier molecular flexibility index (Phi) is 3.00. The molecule has 4 nitrogen and oxygen atoms in total. The quantitative estimate of drug-likeness (QED) is 0.799. The fraction of sp³-hybridized carbons (Fsp3) is 0.167. The predicted molar refractivity (Wildman–Crippen MR) is 62.3 cm³/mol. The van der Waals surface area contributed by atoms with Crippen LogP contribution in [-0.4, -0.2) is 9.97 Å². The van der Waals surface area contributed by atoms with E-state index in [1.165, 1.54) is 6.33 Å². The molecule has 1 aromatic heterocycles. The van der Waals surface area contributed by atoms with Crippen LogP contribution in [0.2, 0.25) is 0 Å². The Labute approximate surface area is 94.1 Å². The van der Waals surface area contributed by atoms with E-state index < -0.39 is 0 Å². The van der Waals surface area contributed by atoms with E-state index in [-0.39, 0.29) is 0 Å². The van der Waals surface area contributed by atoms with E-state index in [4.69, 9.17) is 10.5 Å². The van der Waals surface area contributed by atoms with Crippen molar-refractivity contribution in [1.29, 1.82) is 0 Å². The van der Waals surface area contributed by atoms with Gasteiger partial charge in [-0.25, -0.2) is 9.97 Å². The van der Waals surface area contributed by atoms with Crippen LogP contribution in [0.3, 0.4) is 0 Å². The third-order valence-electron chi connectivity index (χ3n) is 2.14. The number of rotatable bonds is 3. The highest BCUT2D eigenvalue weighted by Crippen LogP contribution is 2.21. The van der Waals surface area contributed by atoms with Crippen LogP contribution in [0.25, 0.3) is 0 Å². The molecule has 0 amide bonds. The number of anilines is 1. The van der Waals surface area contributed by atoms with Crippen LogP contribution in [0.15, 0.2) is 36.7 Å². The second kappa shape index (κ2) is 4.61. The second-order valence-electron chi connectivity index (χ2n) is 3.38. The molecule has 2 aromatic rings. The van der Waals surface area contributed by atoms with Gasteiger partial charge in [0, 0.05) is 23.5 Å². The fourth-order valence-electron chi connectivity index (χ4n) is 1.32. The lowest BCUT2D eigenvalue weighted by Gasteiger charge is -2.05. The summed E-state index contributed by atoms with van der Waals surface area (Å²) in [6.45, 7) is 2.03. The van der Waals surface area contributed by atoms with Crippen molar-refractivity contribution in [2.75, 3.05) is 5.73 Å². The average Bonchev–Trinajstić information content (AvgIpc) is 2.29. The van der Waals surface area contributed by atoms with E-state index in [9.17, 15) is 0 Å². The lowest BCUT2D eigenvalue weighted by Crippen LogP contribution is -1.93. The van der Waals surface area contributed by atoms with Gasteiger partial charge < -0.3 is 10.5 Å². The molecule has 2 rings (SSSR count). The average molecular weight is 215 g/mol. The molecule has 0 saturated carbocycles. The van der Waals surface area contributed by atoms with Crippen molar-refractivity contribution in [1.82, 2.24) is 9.97 Å². The highest BCUT2D eigenvalue weighted by molar-refractivity contribution is 5.44. The Balaban J connectivity index is 2.20. The van der Waals surface area contributed by atoms with Crippen LogP contribution in [0.4, 0.5) is 5.69 Å². The first-order valence-corrected chi connectivity index (χ1v) is 5.12. The summed E-state index contributed by atoms with van der Waals surface area (Å²) < 4.78 is 5.57. The van der Waals surface area contributed by atoms with Gasteiger partial charge >= 0.3 is 0 Å². The lowest BCUT2D eigenvalue weighted by molar-refractivity contribution is 0.460. The normalized spacial score (nSPS) is 10.1. The molecule has 0 atom stereocenters. The number of ether oxygens (including phenoxy) is 1. The van der Waals surface area contributed by atoms with E-state index in [1.807, 2.05) is 31.2 Å². The Morgan fingerprint density at radius 3 is 2.88 bits per heavy atom. The minimum Gasteiger partial charge on any atom is -0.439 e. The molecule has 16 heavy (non-hydrogen) atoms. The number of nitrogens with two attached hydrogens (primary N) is 1. The smallest absolute Gasteiger partial charge is 0.222 e. The molecule has 0 radical (unpaired) electrons. The Bertz CT molecular complexity index is 485. The second-order valence-corrected chi connectivity index (χ2v) is 3.38. The third kappa shape index (κ3) is 2.48. The van der Waals surface area contributed by atoms with Crippen LogP contribution < -0.4 is 10.5 Å². The van der Waals surface area contributed by atoms with Gasteiger partial charge in [-0.1, -0.05) is 13.0 Å². The summed E-state index contributed by atoms with van der Waals surface area (Å²) in [6.07, 6.45) is 2.36. The van der Waals surface area contributed by atoms with E-state index >= 15 is 0 Å². The highest BCUT2D eigenvalue weighted by atomic mass is 16.5. The van der Waals surface area contributed by atoms with Gasteiger partial charge in [-0.05, 0) is 18.6 Å². The molecule has 1 aromatic carbocycles. The number of aromatic nitrogens is 2. The summed E-state index contributed by atoms with van der Waals surface area (Å²) in [7, 11) is 0. The predicted octanol–water partition coefficient (Wildman–Crippen LogP) is 2.41. The zero-order valence-corrected chi connectivity index (χ0v) is 9.05. The Morgan fingerprint density at radius 2 is 2.12 bits per heavy atom. The molecule has 0 spiro atoms. The van der Waals surface area contributed by atoms with Crippen molar-refractivity contribution >= 4 is 5.69 Å². The number of hydrogen-bond acceptors (Lipinski definition) is 4. The summed E-state index contributed by atoms with van der Waals surface area (Å²) in [5.74, 6) is 1.22. The minimum absolute atomic E-state index is 0.539. The van der Waals surface area contributed by atoms with E-state index in [2.05, 4.69) is 9.97 Å². The molecular formula is C12H13N3O. The molecule has 0 bridgehead atoms. The Morgan fingerprint density at radius 1 is 1.25 bits per heavy atom. The van der Waals surface area contributed by atoms with Crippen molar-refractivity contribution in [2.45, 2.75) is 13.3 Å². The number of benzene rings is 1. The molecule has 0 saturated heterocycles. The molecule has 0 unspecified atom stereocenters. The molecule has 0 aliphatic rings. The maximum atomic E-state index is 5.66. The van der Waals surface area contributed by atoms with Crippen LogP contribution in [0.1, 0.15) is 12.6 Å². The van der Waals surface area contributed by atoms with Crippen molar-refractivity contribution in [3.05, 3.63) is 42.4 Å². The first-order valence-electron chi connectivity index (χ1n) is 5.12. The zero-order valence-electron chi connectivity index (χ0n) is 9.05. The van der Waals surface area contributed by atoms with Crippen LogP contribution >= 0.6 is 0 Å². The summed E-state index contributed by atoms with van der Waals surface area (Å²) >= 11 is 0. The van der Waals surface area contributed by atoms with Crippen LogP contribution in [0.5, 0.6) is 11.6 Å². The van der Waals surface area contributed by atoms with E-state index in [0.717, 1.165) is 12.1 Å². The molecule has 0 aliphatic heterocycles. The van der Waals surface area contributed by atoms with Gasteiger partial charge in [-0.3, -0.25) is 0 Å². The summed E-state index contributed by atoms with van der Waals surface area (Å²) in [4.78, 5) is 8.14. The van der Waals surface area contributed by atoms with Crippen molar-refractivity contribution < 1.29 is 4.74 Å². The fourth-order valence-corrected chi connectivity index (χ4v) is 1.32.